The molecule has 2 rings (SSSR count). The second-order valence-electron chi connectivity index (χ2n) is 3.46. The summed E-state index contributed by atoms with van der Waals surface area (Å²) >= 11 is 0. The minimum atomic E-state index is -0.326. The lowest BCUT2D eigenvalue weighted by atomic mass is 9.71. The van der Waals surface area contributed by atoms with E-state index in [0.29, 0.717) is 12.8 Å². The van der Waals surface area contributed by atoms with Gasteiger partial charge in [0, 0.05) is 17.9 Å². The number of pyridine rings is 1. The van der Waals surface area contributed by atoms with Crippen molar-refractivity contribution in [3.05, 3.63) is 30.1 Å². The van der Waals surface area contributed by atoms with Crippen LogP contribution in [0.1, 0.15) is 18.4 Å². The molecule has 1 fully saturated rings. The first kappa shape index (κ1) is 7.71. The maximum absolute atomic E-state index is 9.14. The van der Waals surface area contributed by atoms with E-state index in [1.165, 1.54) is 0 Å². The van der Waals surface area contributed by atoms with E-state index in [1.54, 1.807) is 12.4 Å². The first-order valence-corrected chi connectivity index (χ1v) is 4.08. The quantitative estimate of drug-likeness (QED) is 0.631. The highest BCUT2D eigenvalue weighted by atomic mass is 16.3. The third kappa shape index (κ3) is 1.11. The van der Waals surface area contributed by atoms with Crippen molar-refractivity contribution in [1.82, 2.24) is 4.98 Å². The molecule has 1 saturated carbocycles. The van der Waals surface area contributed by atoms with Gasteiger partial charge >= 0.3 is 0 Å². The van der Waals surface area contributed by atoms with Crippen LogP contribution in [0, 0.1) is 0 Å². The van der Waals surface area contributed by atoms with Gasteiger partial charge in [0.2, 0.25) is 0 Å². The summed E-state index contributed by atoms with van der Waals surface area (Å²) in [4.78, 5) is 4.00. The molecule has 0 unspecified atom stereocenters. The van der Waals surface area contributed by atoms with Crippen LogP contribution in [0.4, 0.5) is 0 Å². The lowest BCUT2D eigenvalue weighted by Crippen LogP contribution is -2.51. The van der Waals surface area contributed by atoms with Crippen molar-refractivity contribution in [1.29, 1.82) is 0 Å². The monoisotopic (exact) mass is 164 g/mol. The molecule has 3 nitrogen and oxygen atoms in total. The second kappa shape index (κ2) is 2.54. The maximum Gasteiger partial charge on any atom is 0.0582 e. The lowest BCUT2D eigenvalue weighted by Gasteiger charge is -2.42. The number of aliphatic hydroxyl groups excluding tert-OH is 1. The highest BCUT2D eigenvalue weighted by molar-refractivity contribution is 5.24. The van der Waals surface area contributed by atoms with Crippen LogP contribution < -0.4 is 5.73 Å². The van der Waals surface area contributed by atoms with Crippen LogP contribution in [0.5, 0.6) is 0 Å². The Morgan fingerprint density at radius 2 is 2.33 bits per heavy atom. The fourth-order valence-electron chi connectivity index (χ4n) is 1.67. The van der Waals surface area contributed by atoms with Crippen molar-refractivity contribution >= 4 is 0 Å². The minimum Gasteiger partial charge on any atom is -0.393 e. The van der Waals surface area contributed by atoms with Crippen molar-refractivity contribution in [2.75, 3.05) is 0 Å². The summed E-state index contributed by atoms with van der Waals surface area (Å²) in [5.41, 5.74) is 6.71. The van der Waals surface area contributed by atoms with Crippen LogP contribution in [0.15, 0.2) is 24.5 Å². The number of rotatable bonds is 1. The summed E-state index contributed by atoms with van der Waals surface area (Å²) in [6.45, 7) is 0. The van der Waals surface area contributed by atoms with Crippen molar-refractivity contribution < 1.29 is 5.11 Å². The molecule has 64 valence electrons. The van der Waals surface area contributed by atoms with Gasteiger partial charge in [0.25, 0.3) is 0 Å². The number of aliphatic hydroxyl groups is 1. The van der Waals surface area contributed by atoms with Crippen molar-refractivity contribution in [3.8, 4) is 0 Å². The Morgan fingerprint density at radius 3 is 2.83 bits per heavy atom. The molecule has 0 aliphatic heterocycles. The van der Waals surface area contributed by atoms with Crippen LogP contribution in [-0.4, -0.2) is 16.2 Å². The second-order valence-corrected chi connectivity index (χ2v) is 3.46. The fourth-order valence-corrected chi connectivity index (χ4v) is 1.67. The van der Waals surface area contributed by atoms with Gasteiger partial charge in [-0.2, -0.15) is 0 Å². The van der Waals surface area contributed by atoms with E-state index >= 15 is 0 Å². The summed E-state index contributed by atoms with van der Waals surface area (Å²) in [6, 6.07) is 3.83. The summed E-state index contributed by atoms with van der Waals surface area (Å²) in [7, 11) is 0. The van der Waals surface area contributed by atoms with Gasteiger partial charge in [-0.25, -0.2) is 0 Å². The van der Waals surface area contributed by atoms with Gasteiger partial charge in [-0.15, -0.1) is 0 Å². The largest absolute Gasteiger partial charge is 0.393 e. The number of nitrogens with zero attached hydrogens (tertiary/aromatic N) is 1. The highest BCUT2D eigenvalue weighted by Crippen LogP contribution is 2.38. The third-order valence-electron chi connectivity index (χ3n) is 2.44. The van der Waals surface area contributed by atoms with Crippen LogP contribution in [-0.2, 0) is 5.54 Å². The molecule has 3 heteroatoms. The molecule has 1 aliphatic carbocycles. The van der Waals surface area contributed by atoms with Gasteiger partial charge in [-0.3, -0.25) is 4.98 Å². The van der Waals surface area contributed by atoms with Gasteiger partial charge in [0.1, 0.15) is 0 Å². The van der Waals surface area contributed by atoms with Gasteiger partial charge in [-0.1, -0.05) is 6.07 Å². The number of hydrogen-bond acceptors (Lipinski definition) is 3. The van der Waals surface area contributed by atoms with Gasteiger partial charge in [0.15, 0.2) is 0 Å². The summed E-state index contributed by atoms with van der Waals surface area (Å²) in [5.74, 6) is 0. The molecular weight excluding hydrogens is 152 g/mol. The van der Waals surface area contributed by atoms with E-state index in [2.05, 4.69) is 4.98 Å². The first-order valence-electron chi connectivity index (χ1n) is 4.08. The topological polar surface area (TPSA) is 59.1 Å². The van der Waals surface area contributed by atoms with Crippen LogP contribution in [0.2, 0.25) is 0 Å². The zero-order chi connectivity index (χ0) is 8.60. The molecule has 0 amide bonds. The zero-order valence-corrected chi connectivity index (χ0v) is 6.77. The van der Waals surface area contributed by atoms with Crippen molar-refractivity contribution in [2.24, 2.45) is 5.73 Å². The Bertz CT molecular complexity index is 267. The van der Waals surface area contributed by atoms with E-state index < -0.39 is 0 Å². The SMILES string of the molecule is NC1(c2cccnc2)CC(O)C1. The van der Waals surface area contributed by atoms with Crippen molar-refractivity contribution in [3.63, 3.8) is 0 Å². The van der Waals surface area contributed by atoms with Gasteiger partial charge < -0.3 is 10.8 Å². The van der Waals surface area contributed by atoms with Crippen molar-refractivity contribution in [2.45, 2.75) is 24.5 Å². The standard InChI is InChI=1S/C9H12N2O/c10-9(4-8(12)5-9)7-2-1-3-11-6-7/h1-3,6,8,12H,4-5,10H2. The molecule has 0 aromatic carbocycles. The predicted octanol–water partition coefficient (Wildman–Crippen LogP) is 0.390. The summed E-state index contributed by atoms with van der Waals surface area (Å²) < 4.78 is 0. The molecule has 1 aliphatic rings. The van der Waals surface area contributed by atoms with Crippen LogP contribution in [0.25, 0.3) is 0 Å². The fraction of sp³-hybridized carbons (Fsp3) is 0.444. The normalized spacial score (nSPS) is 34.3. The maximum atomic E-state index is 9.14. The smallest absolute Gasteiger partial charge is 0.0582 e. The minimum absolute atomic E-state index is 0.227. The Kier molecular flexibility index (Phi) is 1.63. The van der Waals surface area contributed by atoms with E-state index in [-0.39, 0.29) is 11.6 Å². The highest BCUT2D eigenvalue weighted by Gasteiger charge is 2.41. The average molecular weight is 164 g/mol. The van der Waals surface area contributed by atoms with E-state index in [9.17, 15) is 0 Å². The van der Waals surface area contributed by atoms with E-state index in [0.717, 1.165) is 5.56 Å². The van der Waals surface area contributed by atoms with Gasteiger partial charge in [-0.05, 0) is 24.5 Å². The van der Waals surface area contributed by atoms with Crippen LogP contribution >= 0.6 is 0 Å². The Morgan fingerprint density at radius 1 is 1.58 bits per heavy atom. The van der Waals surface area contributed by atoms with E-state index in [1.807, 2.05) is 12.1 Å². The molecule has 0 spiro atoms. The summed E-state index contributed by atoms with van der Waals surface area (Å²) in [6.07, 6.45) is 4.57. The summed E-state index contributed by atoms with van der Waals surface area (Å²) in [5, 5.41) is 9.14. The number of hydrogen-bond donors (Lipinski definition) is 2. The molecule has 12 heavy (non-hydrogen) atoms. The zero-order valence-electron chi connectivity index (χ0n) is 6.77. The Hall–Kier alpha value is -0.930. The number of nitrogens with two attached hydrogens (primary N) is 1. The number of aromatic nitrogens is 1. The molecule has 1 heterocycles. The molecule has 0 atom stereocenters. The van der Waals surface area contributed by atoms with Crippen LogP contribution in [0.3, 0.4) is 0 Å². The molecule has 1 aromatic heterocycles. The Balaban J connectivity index is 2.21. The average Bonchev–Trinajstić information content (AvgIpc) is 2.04. The van der Waals surface area contributed by atoms with E-state index in [4.69, 9.17) is 10.8 Å². The Labute approximate surface area is 71.2 Å². The molecule has 0 radical (unpaired) electrons. The molecular formula is C9H12N2O. The molecule has 1 aromatic rings. The molecule has 0 bridgehead atoms. The lowest BCUT2D eigenvalue weighted by molar-refractivity contribution is 0.0208. The molecule has 3 N–H and O–H groups in total. The first-order chi connectivity index (χ1) is 5.71. The predicted molar refractivity (Wildman–Crippen MR) is 45.3 cm³/mol. The molecule has 0 saturated heterocycles. The third-order valence-corrected chi connectivity index (χ3v) is 2.44. The van der Waals surface area contributed by atoms with Gasteiger partial charge in [0.05, 0.1) is 6.10 Å².